The molecule has 2 atom stereocenters. The predicted octanol–water partition coefficient (Wildman–Crippen LogP) is 3.56. The van der Waals surface area contributed by atoms with Crippen LogP contribution in [0.1, 0.15) is 44.6 Å². The Morgan fingerprint density at radius 2 is 2.05 bits per heavy atom. The fraction of sp³-hybridized carbons (Fsp3) is 0.471. The first kappa shape index (κ1) is 13.4. The number of rotatable bonds is 3. The van der Waals surface area contributed by atoms with Gasteiger partial charge < -0.3 is 9.47 Å². The van der Waals surface area contributed by atoms with Crippen LogP contribution in [0, 0.1) is 0 Å². The van der Waals surface area contributed by atoms with Crippen molar-refractivity contribution in [1.29, 1.82) is 0 Å². The second-order valence-corrected chi connectivity index (χ2v) is 5.51. The van der Waals surface area contributed by atoms with Crippen LogP contribution in [0.5, 0.6) is 0 Å². The summed E-state index contributed by atoms with van der Waals surface area (Å²) in [6.07, 6.45) is 2.72. The van der Waals surface area contributed by atoms with E-state index in [-0.39, 0.29) is 11.9 Å². The molecule has 0 aromatic heterocycles. The highest BCUT2D eigenvalue weighted by Crippen LogP contribution is 2.51. The van der Waals surface area contributed by atoms with E-state index in [1.165, 1.54) is 5.56 Å². The standard InChI is InChI=1S/C17H20O3/c1-3-7-14-12(2)16(18)20-17(14)15(10-11-19-17)13-8-5-4-6-9-13/h4-6,8-9,15H,3,7,10-11H2,1-2H3/t15-,17-/m1/s1. The number of esters is 1. The van der Waals surface area contributed by atoms with Crippen LogP contribution in [-0.4, -0.2) is 18.4 Å². The summed E-state index contributed by atoms with van der Waals surface area (Å²) in [5, 5.41) is 0. The van der Waals surface area contributed by atoms with Gasteiger partial charge in [0, 0.05) is 11.1 Å². The Labute approximate surface area is 119 Å². The molecule has 20 heavy (non-hydrogen) atoms. The molecular formula is C17H20O3. The Hall–Kier alpha value is -1.61. The number of hydrogen-bond acceptors (Lipinski definition) is 3. The predicted molar refractivity (Wildman–Crippen MR) is 76.2 cm³/mol. The van der Waals surface area contributed by atoms with Crippen molar-refractivity contribution in [1.82, 2.24) is 0 Å². The Bertz CT molecular complexity index is 547. The summed E-state index contributed by atoms with van der Waals surface area (Å²) in [4.78, 5) is 12.0. The van der Waals surface area contributed by atoms with E-state index >= 15 is 0 Å². The maximum atomic E-state index is 12.0. The van der Waals surface area contributed by atoms with Crippen LogP contribution in [0.4, 0.5) is 0 Å². The Morgan fingerprint density at radius 1 is 1.30 bits per heavy atom. The first-order valence-corrected chi connectivity index (χ1v) is 7.31. The van der Waals surface area contributed by atoms with Crippen molar-refractivity contribution >= 4 is 5.97 Å². The molecule has 0 radical (unpaired) electrons. The third-order valence-electron chi connectivity index (χ3n) is 4.31. The zero-order chi connectivity index (χ0) is 14.2. The monoisotopic (exact) mass is 272 g/mol. The van der Waals surface area contributed by atoms with Crippen LogP contribution in [0.3, 0.4) is 0 Å². The summed E-state index contributed by atoms with van der Waals surface area (Å²) >= 11 is 0. The van der Waals surface area contributed by atoms with Gasteiger partial charge in [0.25, 0.3) is 0 Å². The van der Waals surface area contributed by atoms with Crippen LogP contribution in [0.15, 0.2) is 41.5 Å². The van der Waals surface area contributed by atoms with E-state index in [0.717, 1.165) is 30.4 Å². The summed E-state index contributed by atoms with van der Waals surface area (Å²) in [5.74, 6) is -0.971. The van der Waals surface area contributed by atoms with Gasteiger partial charge in [0.2, 0.25) is 5.79 Å². The summed E-state index contributed by atoms with van der Waals surface area (Å²) in [5.41, 5.74) is 2.95. The summed E-state index contributed by atoms with van der Waals surface area (Å²) in [6.45, 7) is 4.60. The number of carbonyl (C=O) groups excluding carboxylic acids is 1. The highest BCUT2D eigenvalue weighted by atomic mass is 16.7. The van der Waals surface area contributed by atoms with E-state index < -0.39 is 5.79 Å². The molecule has 1 aromatic carbocycles. The van der Waals surface area contributed by atoms with Crippen molar-refractivity contribution in [2.45, 2.75) is 44.8 Å². The lowest BCUT2D eigenvalue weighted by atomic mass is 9.83. The molecule has 1 spiro atoms. The van der Waals surface area contributed by atoms with Crippen molar-refractivity contribution in [2.24, 2.45) is 0 Å². The van der Waals surface area contributed by atoms with E-state index in [4.69, 9.17) is 9.47 Å². The second kappa shape index (κ2) is 5.06. The van der Waals surface area contributed by atoms with Gasteiger partial charge in [-0.2, -0.15) is 0 Å². The zero-order valence-corrected chi connectivity index (χ0v) is 12.0. The SMILES string of the molecule is CCCC1=C(C)C(=O)O[C@]12OCC[C@@H]2c1ccccc1. The molecule has 1 fully saturated rings. The average Bonchev–Trinajstić information content (AvgIpc) is 2.98. The number of ether oxygens (including phenoxy) is 2. The van der Waals surface area contributed by atoms with Gasteiger partial charge in [0.15, 0.2) is 0 Å². The molecular weight excluding hydrogens is 252 g/mol. The van der Waals surface area contributed by atoms with Gasteiger partial charge in [-0.1, -0.05) is 43.7 Å². The van der Waals surface area contributed by atoms with Gasteiger partial charge in [-0.3, -0.25) is 0 Å². The Kier molecular flexibility index (Phi) is 3.38. The first-order valence-electron chi connectivity index (χ1n) is 7.31. The molecule has 0 aliphatic carbocycles. The van der Waals surface area contributed by atoms with Crippen LogP contribution in [0.25, 0.3) is 0 Å². The number of hydrogen-bond donors (Lipinski definition) is 0. The van der Waals surface area contributed by atoms with Gasteiger partial charge in [-0.25, -0.2) is 4.79 Å². The van der Waals surface area contributed by atoms with Crippen molar-refractivity contribution in [2.75, 3.05) is 6.61 Å². The van der Waals surface area contributed by atoms with Crippen molar-refractivity contribution < 1.29 is 14.3 Å². The van der Waals surface area contributed by atoms with Crippen LogP contribution >= 0.6 is 0 Å². The van der Waals surface area contributed by atoms with Crippen LogP contribution in [0.2, 0.25) is 0 Å². The maximum Gasteiger partial charge on any atom is 0.336 e. The van der Waals surface area contributed by atoms with E-state index in [1.54, 1.807) is 0 Å². The molecule has 3 heteroatoms. The Balaban J connectivity index is 2.04. The minimum Gasteiger partial charge on any atom is -0.425 e. The minimum absolute atomic E-state index is 0.103. The Morgan fingerprint density at radius 3 is 2.75 bits per heavy atom. The van der Waals surface area contributed by atoms with Gasteiger partial charge in [-0.15, -0.1) is 0 Å². The topological polar surface area (TPSA) is 35.5 Å². The molecule has 0 unspecified atom stereocenters. The van der Waals surface area contributed by atoms with Gasteiger partial charge >= 0.3 is 5.97 Å². The first-order chi connectivity index (χ1) is 9.69. The number of carbonyl (C=O) groups is 1. The van der Waals surface area contributed by atoms with E-state index in [1.807, 2.05) is 25.1 Å². The molecule has 0 saturated carbocycles. The summed E-state index contributed by atoms with van der Waals surface area (Å²) in [7, 11) is 0. The summed E-state index contributed by atoms with van der Waals surface area (Å²) in [6, 6.07) is 10.2. The highest BCUT2D eigenvalue weighted by molar-refractivity contribution is 5.92. The average molecular weight is 272 g/mol. The molecule has 2 aliphatic rings. The normalized spacial score (nSPS) is 29.3. The molecule has 1 saturated heterocycles. The van der Waals surface area contributed by atoms with Gasteiger partial charge in [0.1, 0.15) is 0 Å². The fourth-order valence-electron chi connectivity index (χ4n) is 3.36. The fourth-order valence-corrected chi connectivity index (χ4v) is 3.36. The van der Waals surface area contributed by atoms with Gasteiger partial charge in [-0.05, 0) is 25.3 Å². The summed E-state index contributed by atoms with van der Waals surface area (Å²) < 4.78 is 11.7. The number of benzene rings is 1. The molecule has 0 N–H and O–H groups in total. The molecule has 1 aromatic rings. The molecule has 106 valence electrons. The van der Waals surface area contributed by atoms with E-state index in [0.29, 0.717) is 6.61 Å². The van der Waals surface area contributed by atoms with Gasteiger partial charge in [0.05, 0.1) is 12.5 Å². The minimum atomic E-state index is -0.849. The smallest absolute Gasteiger partial charge is 0.336 e. The molecule has 3 nitrogen and oxygen atoms in total. The van der Waals surface area contributed by atoms with E-state index in [2.05, 4.69) is 19.1 Å². The molecule has 0 bridgehead atoms. The largest absolute Gasteiger partial charge is 0.425 e. The van der Waals surface area contributed by atoms with Crippen molar-refractivity contribution in [3.05, 3.63) is 47.0 Å². The zero-order valence-electron chi connectivity index (χ0n) is 12.0. The molecule has 2 aliphatic heterocycles. The maximum absolute atomic E-state index is 12.0. The third-order valence-corrected chi connectivity index (χ3v) is 4.31. The van der Waals surface area contributed by atoms with E-state index in [9.17, 15) is 4.79 Å². The molecule has 2 heterocycles. The van der Waals surface area contributed by atoms with Crippen LogP contribution in [-0.2, 0) is 14.3 Å². The third kappa shape index (κ3) is 1.88. The van der Waals surface area contributed by atoms with Crippen molar-refractivity contribution in [3.63, 3.8) is 0 Å². The molecule has 3 rings (SSSR count). The second-order valence-electron chi connectivity index (χ2n) is 5.51. The lowest BCUT2D eigenvalue weighted by Crippen LogP contribution is -2.37. The lowest BCUT2D eigenvalue weighted by Gasteiger charge is -2.31. The highest BCUT2D eigenvalue weighted by Gasteiger charge is 2.55. The lowest BCUT2D eigenvalue weighted by molar-refractivity contribution is -0.190. The molecule has 0 amide bonds. The van der Waals surface area contributed by atoms with Crippen LogP contribution < -0.4 is 0 Å². The van der Waals surface area contributed by atoms with Crippen molar-refractivity contribution in [3.8, 4) is 0 Å². The quantitative estimate of drug-likeness (QED) is 0.789.